The second-order valence-electron chi connectivity index (χ2n) is 21.8. The summed E-state index contributed by atoms with van der Waals surface area (Å²) in [5.41, 5.74) is 0. The van der Waals surface area contributed by atoms with E-state index in [1.54, 1.807) is 0 Å². The number of ether oxygens (including phenoxy) is 2. The van der Waals surface area contributed by atoms with Gasteiger partial charge in [-0.15, -0.1) is 0 Å². The second-order valence-corrected chi connectivity index (χ2v) is 21.8. The molecule has 3 amide bonds. The van der Waals surface area contributed by atoms with Crippen LogP contribution in [0.3, 0.4) is 0 Å². The van der Waals surface area contributed by atoms with Crippen molar-refractivity contribution in [2.45, 2.75) is 291 Å². The van der Waals surface area contributed by atoms with Crippen LogP contribution in [0.4, 0.5) is 9.59 Å². The summed E-state index contributed by atoms with van der Waals surface area (Å²) < 4.78 is 11.9. The minimum absolute atomic E-state index is 0.000456. The molecule has 1 heterocycles. The maximum absolute atomic E-state index is 14.1. The topological polar surface area (TPSA) is 117 Å². The van der Waals surface area contributed by atoms with Crippen LogP contribution in [0.25, 0.3) is 0 Å². The first-order valence-corrected chi connectivity index (χ1v) is 30.1. The van der Waals surface area contributed by atoms with E-state index in [1.165, 1.54) is 185 Å². The lowest BCUT2D eigenvalue weighted by Crippen LogP contribution is -2.54. The first kappa shape index (κ1) is 62.6. The van der Waals surface area contributed by atoms with E-state index in [0.29, 0.717) is 77.0 Å². The minimum Gasteiger partial charge on any atom is -0.465 e. The summed E-state index contributed by atoms with van der Waals surface area (Å²) in [7, 11) is 0. The first-order chi connectivity index (χ1) is 33.7. The molecule has 2 fully saturated rings. The van der Waals surface area contributed by atoms with Crippen molar-refractivity contribution in [3.8, 4) is 0 Å². The zero-order valence-corrected chi connectivity index (χ0v) is 45.8. The molecule has 0 radical (unpaired) electrons. The summed E-state index contributed by atoms with van der Waals surface area (Å²) in [6.07, 6.45) is 45.2. The van der Waals surface area contributed by atoms with Gasteiger partial charge in [-0.05, 0) is 75.5 Å². The van der Waals surface area contributed by atoms with Crippen LogP contribution in [0.2, 0.25) is 0 Å². The van der Waals surface area contributed by atoms with E-state index in [-0.39, 0.29) is 29.9 Å². The van der Waals surface area contributed by atoms with Gasteiger partial charge in [0, 0.05) is 51.6 Å². The molecule has 1 saturated carbocycles. The number of hydrogen-bond acceptors (Lipinski definition) is 6. The highest BCUT2D eigenvalue weighted by molar-refractivity contribution is 5.75. The fraction of sp³-hybridized carbons (Fsp3) is 0.932. The molecule has 1 aliphatic heterocycles. The van der Waals surface area contributed by atoms with Crippen LogP contribution in [-0.4, -0.2) is 95.8 Å². The van der Waals surface area contributed by atoms with Crippen molar-refractivity contribution in [2.75, 3.05) is 45.9 Å². The largest absolute Gasteiger partial charge is 0.465 e. The lowest BCUT2D eigenvalue weighted by atomic mass is 9.77. The maximum atomic E-state index is 14.1. The van der Waals surface area contributed by atoms with E-state index in [0.717, 1.165) is 57.8 Å². The van der Waals surface area contributed by atoms with Crippen LogP contribution in [0.5, 0.6) is 0 Å². The zero-order valence-electron chi connectivity index (χ0n) is 45.8. The van der Waals surface area contributed by atoms with Gasteiger partial charge in [0.15, 0.2) is 0 Å². The number of unbranched alkanes of at least 4 members (excludes halogenated alkanes) is 26. The highest BCUT2D eigenvalue weighted by Gasteiger charge is 2.39. The summed E-state index contributed by atoms with van der Waals surface area (Å²) >= 11 is 0. The third-order valence-corrected chi connectivity index (χ3v) is 15.5. The van der Waals surface area contributed by atoms with Crippen molar-refractivity contribution in [1.29, 1.82) is 0 Å². The molecule has 69 heavy (non-hydrogen) atoms. The molecule has 10 heteroatoms. The Balaban J connectivity index is 1.82. The van der Waals surface area contributed by atoms with Crippen molar-refractivity contribution >= 4 is 24.1 Å². The van der Waals surface area contributed by atoms with Gasteiger partial charge in [0.1, 0.15) is 0 Å². The van der Waals surface area contributed by atoms with Crippen molar-refractivity contribution < 1.29 is 33.8 Å². The number of carbonyl (C=O) groups excluding carboxylic acids is 3. The van der Waals surface area contributed by atoms with Gasteiger partial charge in [0.2, 0.25) is 0 Å². The number of carboxylic acid groups (broad SMARTS) is 1. The Hall–Kier alpha value is -2.52. The van der Waals surface area contributed by atoms with Crippen molar-refractivity contribution in [2.24, 2.45) is 17.8 Å². The molecule has 0 unspecified atom stereocenters. The molecule has 0 aromatic carbocycles. The Kier molecular flexibility index (Phi) is 39.1. The van der Waals surface area contributed by atoms with Crippen LogP contribution in [0.15, 0.2) is 0 Å². The van der Waals surface area contributed by atoms with E-state index in [4.69, 9.17) is 9.47 Å². The molecule has 0 aromatic heterocycles. The predicted octanol–water partition coefficient (Wildman–Crippen LogP) is 16.7. The standard InChI is InChI=1S/C59H111N3O7/c1-5-9-13-17-21-26-32-37-52(38-33-27-22-18-14-10-6-2)50-68-56(63)41-34-28-23-29-35-44-62(58(65)60-42-36-43-61(46-45-60)59(66)67)55-47-54(48-55)49-57(64)69-51-53(39-30-24-19-15-11-7-3)40-31-25-20-16-12-8-4/h52-55H,5-51H2,1-4H3,(H,66,67). The van der Waals surface area contributed by atoms with Crippen LogP contribution in [0, 0.1) is 17.8 Å². The molecule has 1 aliphatic carbocycles. The van der Waals surface area contributed by atoms with E-state index in [9.17, 15) is 24.3 Å². The van der Waals surface area contributed by atoms with E-state index in [2.05, 4.69) is 27.7 Å². The lowest BCUT2D eigenvalue weighted by Gasteiger charge is -2.44. The van der Waals surface area contributed by atoms with Crippen LogP contribution in [-0.2, 0) is 19.1 Å². The quantitative estimate of drug-likeness (QED) is 0.0477. The molecule has 1 saturated heterocycles. The van der Waals surface area contributed by atoms with Gasteiger partial charge in [-0.1, -0.05) is 214 Å². The molecular formula is C59H111N3O7. The van der Waals surface area contributed by atoms with Crippen LogP contribution in [0.1, 0.15) is 285 Å². The molecule has 2 aliphatic rings. The molecule has 0 atom stereocenters. The highest BCUT2D eigenvalue weighted by Crippen LogP contribution is 2.36. The van der Waals surface area contributed by atoms with Gasteiger partial charge in [-0.3, -0.25) is 9.59 Å². The number of urea groups is 1. The number of amides is 3. The summed E-state index contributed by atoms with van der Waals surface area (Å²) in [6.45, 7) is 12.5. The Morgan fingerprint density at radius 1 is 0.478 bits per heavy atom. The van der Waals surface area contributed by atoms with Gasteiger partial charge in [0.05, 0.1) is 13.2 Å². The smallest absolute Gasteiger partial charge is 0.407 e. The number of rotatable bonds is 45. The second kappa shape index (κ2) is 43.1. The van der Waals surface area contributed by atoms with Gasteiger partial charge >= 0.3 is 24.1 Å². The summed E-state index contributed by atoms with van der Waals surface area (Å²) in [5.74, 6) is 0.992. The van der Waals surface area contributed by atoms with Crippen molar-refractivity contribution in [3.63, 3.8) is 0 Å². The molecule has 2 rings (SSSR count). The fourth-order valence-electron chi connectivity index (χ4n) is 10.7. The summed E-state index contributed by atoms with van der Waals surface area (Å²) in [6, 6.07) is 0.0815. The van der Waals surface area contributed by atoms with Gasteiger partial charge in [-0.2, -0.15) is 0 Å². The number of hydrogen-bond donors (Lipinski definition) is 1. The summed E-state index contributed by atoms with van der Waals surface area (Å²) in [5, 5.41) is 9.61. The van der Waals surface area contributed by atoms with Gasteiger partial charge in [-0.25, -0.2) is 9.59 Å². The van der Waals surface area contributed by atoms with Crippen molar-refractivity contribution in [1.82, 2.24) is 14.7 Å². The molecule has 0 aromatic rings. The monoisotopic (exact) mass is 974 g/mol. The Morgan fingerprint density at radius 2 is 0.855 bits per heavy atom. The molecule has 0 bridgehead atoms. The molecular weight excluding hydrogens is 863 g/mol. The number of esters is 2. The Bertz CT molecular complexity index is 1230. The average Bonchev–Trinajstić information content (AvgIpc) is 3.60. The third kappa shape index (κ3) is 32.2. The van der Waals surface area contributed by atoms with E-state index in [1.807, 2.05) is 9.80 Å². The molecule has 0 spiro atoms. The fourth-order valence-corrected chi connectivity index (χ4v) is 10.7. The van der Waals surface area contributed by atoms with Gasteiger partial charge < -0.3 is 29.3 Å². The summed E-state index contributed by atoms with van der Waals surface area (Å²) in [4.78, 5) is 57.2. The van der Waals surface area contributed by atoms with Crippen LogP contribution >= 0.6 is 0 Å². The normalized spacial score (nSPS) is 16.2. The SMILES string of the molecule is CCCCCCCCCC(CCCCCCCCC)COC(=O)CCCCCCCN(C(=O)N1CCCN(C(=O)O)CC1)C1CC(CC(=O)OCC(CCCCCCCC)CCCCCCCC)C1. The molecule has 404 valence electrons. The Morgan fingerprint density at radius 3 is 1.30 bits per heavy atom. The van der Waals surface area contributed by atoms with Crippen LogP contribution < -0.4 is 0 Å². The maximum Gasteiger partial charge on any atom is 0.407 e. The third-order valence-electron chi connectivity index (χ3n) is 15.5. The Labute approximate surface area is 425 Å². The lowest BCUT2D eigenvalue weighted by molar-refractivity contribution is -0.147. The first-order valence-electron chi connectivity index (χ1n) is 30.1. The average molecular weight is 975 g/mol. The minimum atomic E-state index is -0.930. The molecule has 10 nitrogen and oxygen atoms in total. The number of carbonyl (C=O) groups is 4. The van der Waals surface area contributed by atoms with E-state index < -0.39 is 6.09 Å². The predicted molar refractivity (Wildman–Crippen MR) is 287 cm³/mol. The van der Waals surface area contributed by atoms with Crippen molar-refractivity contribution in [3.05, 3.63) is 0 Å². The van der Waals surface area contributed by atoms with E-state index >= 15 is 0 Å². The molecule has 1 N–H and O–H groups in total. The highest BCUT2D eigenvalue weighted by atomic mass is 16.5. The zero-order chi connectivity index (χ0) is 50.0. The van der Waals surface area contributed by atoms with Gasteiger partial charge in [0.25, 0.3) is 0 Å². The number of nitrogens with zero attached hydrogens (tertiary/aromatic N) is 3.